The van der Waals surface area contributed by atoms with Crippen molar-refractivity contribution in [2.45, 2.75) is 37.8 Å². The van der Waals surface area contributed by atoms with Gasteiger partial charge in [-0.1, -0.05) is 30.3 Å². The van der Waals surface area contributed by atoms with E-state index in [-0.39, 0.29) is 18.4 Å². The first-order valence-corrected chi connectivity index (χ1v) is 14.9. The van der Waals surface area contributed by atoms with Crippen molar-refractivity contribution < 1.29 is 37.0 Å². The Kier molecular flexibility index (Phi) is 7.87. The zero-order valence-corrected chi connectivity index (χ0v) is 25.0. The van der Waals surface area contributed by atoms with Crippen LogP contribution in [0.4, 0.5) is 23.7 Å². The second-order valence-electron chi connectivity index (χ2n) is 12.6. The van der Waals surface area contributed by atoms with Gasteiger partial charge in [-0.2, -0.15) is 18.4 Å². The number of hydrogen-bond acceptors (Lipinski definition) is 8. The van der Waals surface area contributed by atoms with Crippen LogP contribution in [0.3, 0.4) is 0 Å². The Morgan fingerprint density at radius 1 is 0.956 bits per heavy atom. The van der Waals surface area contributed by atoms with E-state index >= 15 is 0 Å². The van der Waals surface area contributed by atoms with Gasteiger partial charge in [-0.3, -0.25) is 19.4 Å². The SMILES string of the molecule is C[C@]12CN(CCN3CCN(C(=O)OCc4ccccc4)CC3)C[C@](C)(O1)[C@H]1C(=O)N(c3ccc(C#N)c(C(F)(F)F)c3)C(=O)[C@H]12. The molecule has 3 amide bonds. The minimum atomic E-state index is -4.82. The summed E-state index contributed by atoms with van der Waals surface area (Å²) in [5, 5.41) is 9.15. The molecule has 2 aromatic carbocycles. The number of nitriles is 1. The Morgan fingerprint density at radius 2 is 1.56 bits per heavy atom. The van der Waals surface area contributed by atoms with E-state index in [1.165, 1.54) is 12.1 Å². The number of benzene rings is 2. The van der Waals surface area contributed by atoms with Crippen LogP contribution in [-0.4, -0.2) is 96.2 Å². The average molecular weight is 626 g/mol. The Bertz CT molecular complexity index is 1500. The van der Waals surface area contributed by atoms with Gasteiger partial charge in [0.15, 0.2) is 0 Å². The highest BCUT2D eigenvalue weighted by Crippen LogP contribution is 2.55. The topological polar surface area (TPSA) is 106 Å². The molecule has 4 fully saturated rings. The van der Waals surface area contributed by atoms with Gasteiger partial charge in [0.25, 0.3) is 0 Å². The molecular formula is C32H34F3N5O5. The maximum Gasteiger partial charge on any atom is 0.417 e. The summed E-state index contributed by atoms with van der Waals surface area (Å²) < 4.78 is 52.8. The summed E-state index contributed by atoms with van der Waals surface area (Å²) in [7, 11) is 0. The van der Waals surface area contributed by atoms with Crippen LogP contribution in [0.15, 0.2) is 48.5 Å². The number of carbonyl (C=O) groups excluding carboxylic acids is 3. The van der Waals surface area contributed by atoms with E-state index in [9.17, 15) is 27.6 Å². The number of hydrogen-bond donors (Lipinski definition) is 0. The summed E-state index contributed by atoms with van der Waals surface area (Å²) in [6, 6.07) is 13.9. The van der Waals surface area contributed by atoms with Gasteiger partial charge in [-0.25, -0.2) is 9.69 Å². The zero-order chi connectivity index (χ0) is 32.1. The van der Waals surface area contributed by atoms with E-state index < -0.39 is 52.2 Å². The molecule has 2 bridgehead atoms. The van der Waals surface area contributed by atoms with Crippen LogP contribution in [0.1, 0.15) is 30.5 Å². The summed E-state index contributed by atoms with van der Waals surface area (Å²) in [5.41, 5.74) is -3.07. The minimum Gasteiger partial charge on any atom is -0.445 e. The lowest BCUT2D eigenvalue weighted by Gasteiger charge is -2.45. The van der Waals surface area contributed by atoms with Gasteiger partial charge in [0.1, 0.15) is 6.61 Å². The maximum absolute atomic E-state index is 13.7. The Morgan fingerprint density at radius 3 is 2.13 bits per heavy atom. The van der Waals surface area contributed by atoms with Gasteiger partial charge < -0.3 is 14.4 Å². The van der Waals surface area contributed by atoms with Crippen molar-refractivity contribution in [1.82, 2.24) is 14.7 Å². The van der Waals surface area contributed by atoms with Crippen molar-refractivity contribution in [3.63, 3.8) is 0 Å². The molecule has 238 valence electrons. The number of piperazine rings is 1. The minimum absolute atomic E-state index is 0.198. The second kappa shape index (κ2) is 11.4. The molecule has 0 radical (unpaired) electrons. The molecule has 0 saturated carbocycles. The van der Waals surface area contributed by atoms with Gasteiger partial charge in [0.2, 0.25) is 11.8 Å². The molecule has 0 aromatic heterocycles. The number of morpholine rings is 1. The quantitative estimate of drug-likeness (QED) is 0.450. The van der Waals surface area contributed by atoms with Crippen molar-refractivity contribution in [1.29, 1.82) is 5.26 Å². The van der Waals surface area contributed by atoms with E-state index in [4.69, 9.17) is 14.7 Å². The van der Waals surface area contributed by atoms with E-state index in [1.807, 2.05) is 30.3 Å². The number of fused-ring (bicyclic) bond motifs is 5. The molecule has 2 aromatic rings. The van der Waals surface area contributed by atoms with Gasteiger partial charge in [0.05, 0.1) is 45.9 Å². The summed E-state index contributed by atoms with van der Waals surface area (Å²) in [6.45, 7) is 8.38. The highest BCUT2D eigenvalue weighted by atomic mass is 19.4. The summed E-state index contributed by atoms with van der Waals surface area (Å²) in [5.74, 6) is -2.89. The normalized spacial score (nSPS) is 28.7. The molecule has 4 saturated heterocycles. The first kappa shape index (κ1) is 31.0. The maximum atomic E-state index is 13.7. The van der Waals surface area contributed by atoms with Crippen molar-refractivity contribution in [3.8, 4) is 6.07 Å². The molecule has 0 aliphatic carbocycles. The number of likely N-dealkylation sites (tertiary alicyclic amines) is 1. The van der Waals surface area contributed by atoms with Crippen molar-refractivity contribution in [3.05, 3.63) is 65.2 Å². The van der Waals surface area contributed by atoms with Crippen LogP contribution in [0, 0.1) is 23.2 Å². The van der Waals surface area contributed by atoms with Crippen molar-refractivity contribution in [2.75, 3.05) is 57.3 Å². The number of anilines is 1. The third-order valence-corrected chi connectivity index (χ3v) is 9.42. The highest BCUT2D eigenvalue weighted by Gasteiger charge is 2.71. The average Bonchev–Trinajstić information content (AvgIpc) is 3.38. The summed E-state index contributed by atoms with van der Waals surface area (Å²) >= 11 is 0. The van der Waals surface area contributed by atoms with Crippen LogP contribution in [0.5, 0.6) is 0 Å². The molecule has 13 heteroatoms. The summed E-state index contributed by atoms with van der Waals surface area (Å²) in [6.07, 6.45) is -5.16. The van der Waals surface area contributed by atoms with Gasteiger partial charge in [0, 0.05) is 52.4 Å². The molecule has 0 spiro atoms. The molecule has 4 atom stereocenters. The first-order chi connectivity index (χ1) is 21.3. The number of halogens is 3. The molecule has 0 unspecified atom stereocenters. The number of ether oxygens (including phenoxy) is 2. The molecule has 6 rings (SSSR count). The zero-order valence-electron chi connectivity index (χ0n) is 25.0. The highest BCUT2D eigenvalue weighted by molar-refractivity contribution is 6.23. The van der Waals surface area contributed by atoms with Crippen LogP contribution in [0.2, 0.25) is 0 Å². The van der Waals surface area contributed by atoms with Crippen LogP contribution in [0.25, 0.3) is 0 Å². The fourth-order valence-electron chi connectivity index (χ4n) is 7.43. The number of carbonyl (C=O) groups is 3. The lowest BCUT2D eigenvalue weighted by Crippen LogP contribution is -2.59. The van der Waals surface area contributed by atoms with Crippen molar-refractivity contribution in [2.24, 2.45) is 11.8 Å². The fraction of sp³-hybridized carbons (Fsp3) is 0.500. The number of nitrogens with zero attached hydrogens (tertiary/aromatic N) is 5. The molecule has 4 aliphatic heterocycles. The number of amides is 3. The van der Waals surface area contributed by atoms with Gasteiger partial charge in [-0.05, 0) is 37.6 Å². The molecule has 0 N–H and O–H groups in total. The molecule has 4 heterocycles. The Labute approximate surface area is 258 Å². The smallest absolute Gasteiger partial charge is 0.417 e. The predicted octanol–water partition coefficient (Wildman–Crippen LogP) is 3.50. The van der Waals surface area contributed by atoms with Crippen LogP contribution in [-0.2, 0) is 31.8 Å². The lowest BCUT2D eigenvalue weighted by molar-refractivity contribution is -0.169. The third kappa shape index (κ3) is 5.67. The predicted molar refractivity (Wildman–Crippen MR) is 155 cm³/mol. The molecule has 4 aliphatic rings. The largest absolute Gasteiger partial charge is 0.445 e. The number of rotatable bonds is 6. The Hall–Kier alpha value is -3.99. The summed E-state index contributed by atoms with van der Waals surface area (Å²) in [4.78, 5) is 47.0. The van der Waals surface area contributed by atoms with Gasteiger partial charge in [-0.15, -0.1) is 0 Å². The van der Waals surface area contributed by atoms with Crippen LogP contribution >= 0.6 is 0 Å². The first-order valence-electron chi connectivity index (χ1n) is 14.9. The van der Waals surface area contributed by atoms with Crippen molar-refractivity contribution >= 4 is 23.6 Å². The Balaban J connectivity index is 1.07. The number of alkyl halides is 3. The van der Waals surface area contributed by atoms with E-state index in [0.29, 0.717) is 58.4 Å². The van der Waals surface area contributed by atoms with E-state index in [1.54, 1.807) is 18.7 Å². The van der Waals surface area contributed by atoms with E-state index in [2.05, 4.69) is 9.80 Å². The van der Waals surface area contributed by atoms with Crippen LogP contribution < -0.4 is 4.90 Å². The van der Waals surface area contributed by atoms with Gasteiger partial charge >= 0.3 is 12.3 Å². The fourth-order valence-corrected chi connectivity index (χ4v) is 7.43. The van der Waals surface area contributed by atoms with E-state index in [0.717, 1.165) is 16.5 Å². The third-order valence-electron chi connectivity index (χ3n) is 9.42. The lowest BCUT2D eigenvalue weighted by atomic mass is 9.79. The monoisotopic (exact) mass is 625 g/mol. The molecular weight excluding hydrogens is 591 g/mol. The molecule has 45 heavy (non-hydrogen) atoms. The molecule has 10 nitrogen and oxygen atoms in total. The standard InChI is InChI=1S/C32H34F3N5O5/c1-30-19-38(11-10-37-12-14-39(15-13-37)29(43)44-18-21-6-4-3-5-7-21)20-31(2,45-30)26-25(30)27(41)40(28(26)42)23-9-8-22(17-36)24(16-23)32(33,34)35/h3-9,16,25-26H,10-15,18-20H2,1-2H3/t25-,26+,30+,31-. The second-order valence-corrected chi connectivity index (χ2v) is 12.6. The number of imide groups is 1.